The van der Waals surface area contributed by atoms with Crippen LogP contribution >= 0.6 is 0 Å². The summed E-state index contributed by atoms with van der Waals surface area (Å²) >= 11 is 0. The van der Waals surface area contributed by atoms with Crippen LogP contribution in [-0.4, -0.2) is 38.7 Å². The summed E-state index contributed by atoms with van der Waals surface area (Å²) in [6, 6.07) is 0. The van der Waals surface area contributed by atoms with Crippen LogP contribution in [0, 0.1) is 0 Å². The van der Waals surface area contributed by atoms with Gasteiger partial charge in [0.15, 0.2) is 0 Å². The molecule has 0 bridgehead atoms. The molecule has 0 aliphatic rings. The lowest BCUT2D eigenvalue weighted by atomic mass is 10.1. The second kappa shape index (κ2) is 3.55. The second-order valence-electron chi connectivity index (χ2n) is 2.17. The molecule has 4 N–H and O–H groups in total. The normalized spacial score (nSPS) is 19.6. The molecule has 4 nitrogen and oxygen atoms in total. The van der Waals surface area contributed by atoms with E-state index in [4.69, 9.17) is 20.4 Å². The first-order valence-electron chi connectivity index (χ1n) is 2.88. The average Bonchev–Trinajstić information content (AvgIpc) is 1.84. The van der Waals surface area contributed by atoms with Crippen LogP contribution in [0.4, 0.5) is 0 Å². The van der Waals surface area contributed by atoms with E-state index < -0.39 is 24.1 Å². The smallest absolute Gasteiger partial charge is 0.138 e. The summed E-state index contributed by atoms with van der Waals surface area (Å²) in [7, 11) is 0. The first kappa shape index (κ1) is 9.42. The van der Waals surface area contributed by atoms with Gasteiger partial charge in [-0.3, -0.25) is 0 Å². The average molecular weight is 148 g/mol. The van der Waals surface area contributed by atoms with E-state index in [1.54, 1.807) is 0 Å². The summed E-state index contributed by atoms with van der Waals surface area (Å²) < 4.78 is 0. The summed E-state index contributed by atoms with van der Waals surface area (Å²) in [5, 5.41) is 34.9. The van der Waals surface area contributed by atoms with Crippen LogP contribution in [0.25, 0.3) is 0 Å². The van der Waals surface area contributed by atoms with Crippen molar-refractivity contribution >= 4 is 0 Å². The molecule has 0 aliphatic carbocycles. The Bertz CT molecular complexity index is 121. The van der Waals surface area contributed by atoms with Gasteiger partial charge in [-0.1, -0.05) is 6.58 Å². The van der Waals surface area contributed by atoms with E-state index in [0.717, 1.165) is 0 Å². The predicted octanol–water partition coefficient (Wildman–Crippen LogP) is -0.839. The van der Waals surface area contributed by atoms with Gasteiger partial charge in [-0.05, 0) is 6.92 Å². The lowest BCUT2D eigenvalue weighted by Crippen LogP contribution is -2.36. The topological polar surface area (TPSA) is 80.9 Å². The highest BCUT2D eigenvalue weighted by atomic mass is 16.4. The van der Waals surface area contributed by atoms with Crippen LogP contribution in [0.1, 0.15) is 6.92 Å². The molecule has 3 atom stereocenters. The van der Waals surface area contributed by atoms with E-state index in [1.807, 2.05) is 0 Å². The Morgan fingerprint density at radius 2 is 1.70 bits per heavy atom. The van der Waals surface area contributed by atoms with E-state index >= 15 is 0 Å². The standard InChI is InChI=1S/C6H12O4/c1-3(7)5(9)6(10)4(2)8/h4-10H,1H2,2H3. The minimum absolute atomic E-state index is 0.548. The molecule has 60 valence electrons. The molecular weight excluding hydrogens is 136 g/mol. The quantitative estimate of drug-likeness (QED) is 0.393. The third kappa shape index (κ3) is 2.34. The van der Waals surface area contributed by atoms with Gasteiger partial charge in [-0.2, -0.15) is 0 Å². The van der Waals surface area contributed by atoms with Crippen molar-refractivity contribution in [3.05, 3.63) is 12.3 Å². The Morgan fingerprint density at radius 1 is 1.30 bits per heavy atom. The van der Waals surface area contributed by atoms with Crippen LogP contribution in [0.3, 0.4) is 0 Å². The summed E-state index contributed by atoms with van der Waals surface area (Å²) in [6.07, 6.45) is -3.93. The van der Waals surface area contributed by atoms with Crippen molar-refractivity contribution in [2.45, 2.75) is 25.2 Å². The van der Waals surface area contributed by atoms with Gasteiger partial charge in [0.25, 0.3) is 0 Å². The number of aliphatic hydroxyl groups is 4. The molecule has 4 heteroatoms. The number of aliphatic hydroxyl groups excluding tert-OH is 4. The minimum Gasteiger partial charge on any atom is -0.510 e. The van der Waals surface area contributed by atoms with E-state index in [1.165, 1.54) is 6.92 Å². The highest BCUT2D eigenvalue weighted by molar-refractivity contribution is 4.94. The van der Waals surface area contributed by atoms with Gasteiger partial charge < -0.3 is 20.4 Å². The van der Waals surface area contributed by atoms with Crippen molar-refractivity contribution in [3.63, 3.8) is 0 Å². The fraction of sp³-hybridized carbons (Fsp3) is 0.667. The van der Waals surface area contributed by atoms with Crippen molar-refractivity contribution in [1.29, 1.82) is 0 Å². The molecule has 0 aromatic heterocycles. The molecular formula is C6H12O4. The SMILES string of the molecule is C=C(O)C(O)C(O)C(C)O. The molecule has 0 aromatic rings. The van der Waals surface area contributed by atoms with E-state index in [9.17, 15) is 0 Å². The predicted molar refractivity (Wildman–Crippen MR) is 35.5 cm³/mol. The van der Waals surface area contributed by atoms with Gasteiger partial charge in [-0.15, -0.1) is 0 Å². The minimum atomic E-state index is -1.47. The third-order valence-corrected chi connectivity index (χ3v) is 1.16. The summed E-state index contributed by atoms with van der Waals surface area (Å²) in [6.45, 7) is 4.30. The van der Waals surface area contributed by atoms with Crippen molar-refractivity contribution < 1.29 is 20.4 Å². The maximum Gasteiger partial charge on any atom is 0.138 e. The Balaban J connectivity index is 3.94. The molecule has 0 saturated heterocycles. The van der Waals surface area contributed by atoms with Gasteiger partial charge in [0.2, 0.25) is 0 Å². The first-order chi connectivity index (χ1) is 4.46. The Hall–Kier alpha value is -0.580. The van der Waals surface area contributed by atoms with E-state index in [0.29, 0.717) is 0 Å². The highest BCUT2D eigenvalue weighted by Gasteiger charge is 2.22. The Morgan fingerprint density at radius 3 is 1.80 bits per heavy atom. The lowest BCUT2D eigenvalue weighted by Gasteiger charge is -2.18. The molecule has 0 fully saturated rings. The molecule has 0 aliphatic heterocycles. The zero-order valence-electron chi connectivity index (χ0n) is 5.73. The largest absolute Gasteiger partial charge is 0.510 e. The lowest BCUT2D eigenvalue weighted by molar-refractivity contribution is -0.0495. The van der Waals surface area contributed by atoms with Gasteiger partial charge >= 0.3 is 0 Å². The van der Waals surface area contributed by atoms with Gasteiger partial charge in [0.1, 0.15) is 18.0 Å². The highest BCUT2D eigenvalue weighted by Crippen LogP contribution is 2.04. The number of hydrogen-bond acceptors (Lipinski definition) is 4. The molecule has 0 amide bonds. The van der Waals surface area contributed by atoms with Crippen molar-refractivity contribution in [2.24, 2.45) is 0 Å². The fourth-order valence-corrected chi connectivity index (χ4v) is 0.461. The van der Waals surface area contributed by atoms with Crippen LogP contribution < -0.4 is 0 Å². The van der Waals surface area contributed by atoms with Crippen molar-refractivity contribution in [1.82, 2.24) is 0 Å². The Kier molecular flexibility index (Phi) is 3.35. The van der Waals surface area contributed by atoms with E-state index in [-0.39, 0.29) is 0 Å². The van der Waals surface area contributed by atoms with Crippen LogP contribution in [-0.2, 0) is 0 Å². The first-order valence-corrected chi connectivity index (χ1v) is 2.88. The van der Waals surface area contributed by atoms with Gasteiger partial charge in [0, 0.05) is 0 Å². The van der Waals surface area contributed by atoms with Crippen molar-refractivity contribution in [2.75, 3.05) is 0 Å². The molecule has 0 spiro atoms. The molecule has 0 saturated carbocycles. The molecule has 0 heterocycles. The van der Waals surface area contributed by atoms with Crippen LogP contribution in [0.15, 0.2) is 12.3 Å². The van der Waals surface area contributed by atoms with Crippen molar-refractivity contribution in [3.8, 4) is 0 Å². The number of hydrogen-bond donors (Lipinski definition) is 4. The monoisotopic (exact) mass is 148 g/mol. The summed E-state index contributed by atoms with van der Waals surface area (Å²) in [5.74, 6) is -0.548. The van der Waals surface area contributed by atoms with E-state index in [2.05, 4.69) is 6.58 Å². The van der Waals surface area contributed by atoms with Crippen LogP contribution in [0.2, 0.25) is 0 Å². The summed E-state index contributed by atoms with van der Waals surface area (Å²) in [4.78, 5) is 0. The van der Waals surface area contributed by atoms with Gasteiger partial charge in [0.05, 0.1) is 6.10 Å². The zero-order valence-corrected chi connectivity index (χ0v) is 5.73. The maximum absolute atomic E-state index is 8.84. The van der Waals surface area contributed by atoms with Crippen LogP contribution in [0.5, 0.6) is 0 Å². The van der Waals surface area contributed by atoms with Gasteiger partial charge in [-0.25, -0.2) is 0 Å². The zero-order chi connectivity index (χ0) is 8.31. The number of rotatable bonds is 3. The third-order valence-electron chi connectivity index (χ3n) is 1.16. The molecule has 10 heavy (non-hydrogen) atoms. The molecule has 3 unspecified atom stereocenters. The molecule has 0 rings (SSSR count). The fourth-order valence-electron chi connectivity index (χ4n) is 0.461. The Labute approximate surface area is 59.1 Å². The second-order valence-corrected chi connectivity index (χ2v) is 2.17. The summed E-state index contributed by atoms with van der Waals surface area (Å²) in [5.41, 5.74) is 0. The maximum atomic E-state index is 8.84. The molecule has 0 aromatic carbocycles. The molecule has 0 radical (unpaired) electrons.